The largest absolute Gasteiger partial charge is 0.257 e. The van der Waals surface area contributed by atoms with Crippen LogP contribution in [-0.2, 0) is 11.8 Å². The van der Waals surface area contributed by atoms with Gasteiger partial charge in [0.2, 0.25) is 0 Å². The van der Waals surface area contributed by atoms with Gasteiger partial charge >= 0.3 is 0 Å². The van der Waals surface area contributed by atoms with E-state index in [1.807, 2.05) is 0 Å². The van der Waals surface area contributed by atoms with E-state index in [1.54, 1.807) is 0 Å². The average Bonchev–Trinajstić information content (AvgIpc) is 2.25. The van der Waals surface area contributed by atoms with Crippen LogP contribution in [0.5, 0.6) is 0 Å². The molecule has 0 bridgehead atoms. The maximum absolute atomic E-state index is 4.91. The normalized spacial score (nSPS) is 16.2. The van der Waals surface area contributed by atoms with Crippen LogP contribution in [0.1, 0.15) is 59.1 Å². The molecular weight excluding hydrogens is 218 g/mol. The SMILES string of the molecule is CC(C)(C)C1=Nc2cccc(C(C)(C)C)c2CC1. The summed E-state index contributed by atoms with van der Waals surface area (Å²) in [6.07, 6.45) is 2.24. The fourth-order valence-electron chi connectivity index (χ4n) is 2.63. The number of aliphatic imine (C=N–C) groups is 1. The van der Waals surface area contributed by atoms with Gasteiger partial charge in [-0.05, 0) is 35.4 Å². The third kappa shape index (κ3) is 2.50. The molecule has 0 atom stereocenters. The van der Waals surface area contributed by atoms with Gasteiger partial charge in [-0.25, -0.2) is 0 Å². The molecule has 0 unspecified atom stereocenters. The Kier molecular flexibility index (Phi) is 3.12. The van der Waals surface area contributed by atoms with E-state index in [9.17, 15) is 0 Å². The number of nitrogens with zero attached hydrogens (tertiary/aromatic N) is 1. The van der Waals surface area contributed by atoms with Gasteiger partial charge in [-0.15, -0.1) is 0 Å². The molecule has 0 saturated carbocycles. The smallest absolute Gasteiger partial charge is 0.0664 e. The topological polar surface area (TPSA) is 12.4 Å². The second-order valence-corrected chi connectivity index (χ2v) is 7.36. The van der Waals surface area contributed by atoms with Gasteiger partial charge in [0.05, 0.1) is 5.69 Å². The molecule has 0 amide bonds. The minimum atomic E-state index is 0.190. The van der Waals surface area contributed by atoms with Gasteiger partial charge in [-0.1, -0.05) is 53.7 Å². The first-order valence-electron chi connectivity index (χ1n) is 6.90. The third-order valence-electron chi connectivity index (χ3n) is 3.69. The predicted molar refractivity (Wildman–Crippen MR) is 80.0 cm³/mol. The van der Waals surface area contributed by atoms with E-state index in [-0.39, 0.29) is 10.8 Å². The lowest BCUT2D eigenvalue weighted by atomic mass is 9.78. The molecule has 0 saturated heterocycles. The van der Waals surface area contributed by atoms with E-state index in [0.717, 1.165) is 12.8 Å². The number of fused-ring (bicyclic) bond motifs is 1. The van der Waals surface area contributed by atoms with Crippen molar-refractivity contribution in [2.24, 2.45) is 10.4 Å². The van der Waals surface area contributed by atoms with E-state index in [2.05, 4.69) is 59.7 Å². The molecule has 1 aliphatic heterocycles. The van der Waals surface area contributed by atoms with E-state index >= 15 is 0 Å². The molecule has 1 nitrogen and oxygen atoms in total. The lowest BCUT2D eigenvalue weighted by molar-refractivity contribution is 0.565. The minimum Gasteiger partial charge on any atom is -0.257 e. The third-order valence-corrected chi connectivity index (χ3v) is 3.69. The van der Waals surface area contributed by atoms with Gasteiger partial charge in [0.15, 0.2) is 0 Å². The van der Waals surface area contributed by atoms with Crippen LogP contribution >= 0.6 is 0 Å². The van der Waals surface area contributed by atoms with Crippen molar-refractivity contribution in [2.45, 2.75) is 59.8 Å². The summed E-state index contributed by atoms with van der Waals surface area (Å²) in [5.41, 5.74) is 5.84. The summed E-state index contributed by atoms with van der Waals surface area (Å²) >= 11 is 0. The van der Waals surface area contributed by atoms with E-state index < -0.39 is 0 Å². The molecule has 0 aromatic heterocycles. The summed E-state index contributed by atoms with van der Waals surface area (Å²) < 4.78 is 0. The van der Waals surface area contributed by atoms with Crippen LogP contribution in [0.3, 0.4) is 0 Å². The monoisotopic (exact) mass is 243 g/mol. The van der Waals surface area contributed by atoms with Crippen LogP contribution in [0, 0.1) is 5.41 Å². The highest BCUT2D eigenvalue weighted by Crippen LogP contribution is 2.37. The summed E-state index contributed by atoms with van der Waals surface area (Å²) in [5, 5.41) is 0. The summed E-state index contributed by atoms with van der Waals surface area (Å²) in [6.45, 7) is 13.6. The Morgan fingerprint density at radius 3 is 2.11 bits per heavy atom. The average molecular weight is 243 g/mol. The molecule has 0 aliphatic carbocycles. The number of hydrogen-bond acceptors (Lipinski definition) is 1. The van der Waals surface area contributed by atoms with E-state index in [1.165, 1.54) is 22.5 Å². The first-order valence-corrected chi connectivity index (χ1v) is 6.90. The van der Waals surface area contributed by atoms with Gasteiger partial charge in [-0.3, -0.25) is 4.99 Å². The Bertz CT molecular complexity index is 481. The van der Waals surface area contributed by atoms with Gasteiger partial charge in [0.25, 0.3) is 0 Å². The molecule has 0 spiro atoms. The lowest BCUT2D eigenvalue weighted by Crippen LogP contribution is -2.24. The maximum atomic E-state index is 4.91. The predicted octanol–water partition coefficient (Wildman–Crippen LogP) is 5.05. The van der Waals surface area contributed by atoms with Crippen LogP contribution in [0.2, 0.25) is 0 Å². The van der Waals surface area contributed by atoms with Crippen molar-refractivity contribution in [1.82, 2.24) is 0 Å². The molecule has 0 N–H and O–H groups in total. The molecule has 98 valence electrons. The standard InChI is InChI=1S/C17H25N/c1-16(2,3)13-8-7-9-14-12(13)10-11-15(18-14)17(4,5)6/h7-9H,10-11H2,1-6H3. The maximum Gasteiger partial charge on any atom is 0.0664 e. The van der Waals surface area contributed by atoms with Crippen LogP contribution in [0.4, 0.5) is 5.69 Å². The molecule has 1 aliphatic rings. The number of rotatable bonds is 0. The van der Waals surface area contributed by atoms with Crippen LogP contribution in [0.25, 0.3) is 0 Å². The van der Waals surface area contributed by atoms with Crippen molar-refractivity contribution in [1.29, 1.82) is 0 Å². The molecule has 1 aromatic rings. The molecule has 1 aromatic carbocycles. The van der Waals surface area contributed by atoms with Gasteiger partial charge in [0.1, 0.15) is 0 Å². The van der Waals surface area contributed by atoms with Crippen molar-refractivity contribution >= 4 is 11.4 Å². The first-order chi connectivity index (χ1) is 8.19. The zero-order valence-corrected chi connectivity index (χ0v) is 12.6. The van der Waals surface area contributed by atoms with E-state index in [4.69, 9.17) is 4.99 Å². The molecular formula is C17H25N. The van der Waals surface area contributed by atoms with Crippen molar-refractivity contribution in [3.63, 3.8) is 0 Å². The van der Waals surface area contributed by atoms with Crippen molar-refractivity contribution in [2.75, 3.05) is 0 Å². The highest BCUT2D eigenvalue weighted by molar-refractivity contribution is 5.93. The summed E-state index contributed by atoms with van der Waals surface area (Å²) in [4.78, 5) is 4.91. The Hall–Kier alpha value is -1.11. The number of hydrogen-bond donors (Lipinski definition) is 0. The van der Waals surface area contributed by atoms with Crippen molar-refractivity contribution < 1.29 is 0 Å². The Morgan fingerprint density at radius 1 is 0.889 bits per heavy atom. The molecule has 2 rings (SSSR count). The summed E-state index contributed by atoms with van der Waals surface area (Å²) in [6, 6.07) is 6.57. The Balaban J connectivity index is 2.51. The van der Waals surface area contributed by atoms with Gasteiger partial charge < -0.3 is 0 Å². The molecule has 18 heavy (non-hydrogen) atoms. The first kappa shape index (κ1) is 13.3. The second kappa shape index (κ2) is 4.22. The number of benzene rings is 1. The van der Waals surface area contributed by atoms with Crippen LogP contribution < -0.4 is 0 Å². The fraction of sp³-hybridized carbons (Fsp3) is 0.588. The van der Waals surface area contributed by atoms with Crippen molar-refractivity contribution in [3.8, 4) is 0 Å². The fourth-order valence-corrected chi connectivity index (χ4v) is 2.63. The van der Waals surface area contributed by atoms with Crippen LogP contribution in [0.15, 0.2) is 23.2 Å². The van der Waals surface area contributed by atoms with Gasteiger partial charge in [-0.2, -0.15) is 0 Å². The molecule has 1 heterocycles. The Morgan fingerprint density at radius 2 is 1.56 bits per heavy atom. The molecule has 0 radical (unpaired) electrons. The quantitative estimate of drug-likeness (QED) is 0.604. The highest BCUT2D eigenvalue weighted by Gasteiger charge is 2.26. The lowest BCUT2D eigenvalue weighted by Gasteiger charge is -2.30. The summed E-state index contributed by atoms with van der Waals surface area (Å²) in [7, 11) is 0. The summed E-state index contributed by atoms with van der Waals surface area (Å²) in [5.74, 6) is 0. The Labute approximate surface area is 111 Å². The zero-order valence-electron chi connectivity index (χ0n) is 12.6. The van der Waals surface area contributed by atoms with E-state index in [0.29, 0.717) is 0 Å². The minimum absolute atomic E-state index is 0.190. The zero-order chi connectivity index (χ0) is 13.6. The second-order valence-electron chi connectivity index (χ2n) is 7.36. The van der Waals surface area contributed by atoms with Crippen LogP contribution in [-0.4, -0.2) is 5.71 Å². The van der Waals surface area contributed by atoms with Crippen molar-refractivity contribution in [3.05, 3.63) is 29.3 Å². The molecule has 0 fully saturated rings. The molecule has 1 heteroatoms. The van der Waals surface area contributed by atoms with Gasteiger partial charge in [0, 0.05) is 11.1 Å². The highest BCUT2D eigenvalue weighted by atomic mass is 14.8.